The molecular weight excluding hydrogens is 344 g/mol. The molecule has 0 atom stereocenters. The highest BCUT2D eigenvalue weighted by Gasteiger charge is 2.43. The van der Waals surface area contributed by atoms with E-state index in [4.69, 9.17) is 10.7 Å². The second-order valence-electron chi connectivity index (χ2n) is 6.89. The zero-order valence-corrected chi connectivity index (χ0v) is 16.9. The summed E-state index contributed by atoms with van der Waals surface area (Å²) >= 11 is -2.43. The van der Waals surface area contributed by atoms with Crippen LogP contribution < -0.4 is 3.79 Å². The van der Waals surface area contributed by atoms with E-state index in [0.717, 1.165) is 12.1 Å². The summed E-state index contributed by atoms with van der Waals surface area (Å²) in [5.41, 5.74) is -0.699. The summed E-state index contributed by atoms with van der Waals surface area (Å²) in [5.74, 6) is 0.348. The predicted octanol–water partition coefficient (Wildman–Crippen LogP) is 4.77. The van der Waals surface area contributed by atoms with Crippen molar-refractivity contribution < 1.29 is 23.9 Å². The van der Waals surface area contributed by atoms with E-state index in [-0.39, 0.29) is 0 Å². The van der Waals surface area contributed by atoms with Gasteiger partial charge < -0.3 is 10.7 Å². The molecule has 0 bridgehead atoms. The summed E-state index contributed by atoms with van der Waals surface area (Å²) < 4.78 is 55.3. The topological polar surface area (TPSA) is 27.7 Å². The van der Waals surface area contributed by atoms with E-state index < -0.39 is 43.5 Å². The smallest absolute Gasteiger partial charge is 0.600 e. The van der Waals surface area contributed by atoms with Crippen molar-refractivity contribution in [3.63, 3.8) is 0 Å². The van der Waals surface area contributed by atoms with Gasteiger partial charge in [-0.1, -0.05) is 0 Å². The lowest BCUT2D eigenvalue weighted by Gasteiger charge is -2.27. The first-order valence-electron chi connectivity index (χ1n) is 6.96. The standard InChI is InChI=1S/C7H5F3O.2C3H9OSi.Al/c8-7(9,10)5-1-3-6(11)4-2-5;2*1-5(2,3)4;/h1-4,11H;2*1-3H3;/q;2*-1;+3/p-1. The van der Waals surface area contributed by atoms with Crippen molar-refractivity contribution in [3.8, 4) is 5.75 Å². The molecule has 0 fully saturated rings. The van der Waals surface area contributed by atoms with Crippen LogP contribution in [0.1, 0.15) is 5.56 Å². The molecule has 0 spiro atoms. The minimum atomic E-state index is -4.35. The lowest BCUT2D eigenvalue weighted by Crippen LogP contribution is -2.46. The van der Waals surface area contributed by atoms with Crippen LogP contribution >= 0.6 is 0 Å². The van der Waals surface area contributed by atoms with Crippen molar-refractivity contribution in [1.29, 1.82) is 0 Å². The Hall–Kier alpha value is -0.304. The van der Waals surface area contributed by atoms with Crippen LogP contribution in [0, 0.1) is 0 Å². The van der Waals surface area contributed by atoms with Crippen molar-refractivity contribution >= 4 is 31.8 Å². The maximum atomic E-state index is 12.6. The van der Waals surface area contributed by atoms with Gasteiger partial charge in [0.15, 0.2) is 16.6 Å². The van der Waals surface area contributed by atoms with Gasteiger partial charge in [-0.3, -0.25) is 0 Å². The van der Waals surface area contributed by atoms with Gasteiger partial charge in [-0.25, -0.2) is 0 Å². The molecule has 22 heavy (non-hydrogen) atoms. The number of benzene rings is 1. The van der Waals surface area contributed by atoms with Crippen LogP contribution in [0.3, 0.4) is 0 Å². The Kier molecular flexibility index (Phi) is 6.35. The maximum absolute atomic E-state index is 12.6. The molecule has 0 aliphatic heterocycles. The first-order valence-corrected chi connectivity index (χ1v) is 15.2. The van der Waals surface area contributed by atoms with Gasteiger partial charge in [-0.15, -0.1) is 0 Å². The summed E-state index contributed by atoms with van der Waals surface area (Å²) in [7, 11) is -3.72. The molecule has 0 heterocycles. The molecule has 0 N–H and O–H groups in total. The Labute approximate surface area is 137 Å². The van der Waals surface area contributed by atoms with Crippen molar-refractivity contribution in [2.45, 2.75) is 45.5 Å². The number of hydrogen-bond donors (Lipinski definition) is 0. The van der Waals surface area contributed by atoms with Crippen molar-refractivity contribution in [2.24, 2.45) is 0 Å². The molecule has 9 heteroatoms. The first-order chi connectivity index (χ1) is 9.76. The summed E-state index contributed by atoms with van der Waals surface area (Å²) in [6, 6.07) is 4.63. The van der Waals surface area contributed by atoms with Gasteiger partial charge in [-0.2, -0.15) is 13.2 Å². The van der Waals surface area contributed by atoms with Gasteiger partial charge in [0.05, 0.1) is 11.3 Å². The third-order valence-corrected chi connectivity index (χ3v) is 9.97. The molecule has 1 aromatic rings. The number of alkyl halides is 3. The van der Waals surface area contributed by atoms with Gasteiger partial charge >= 0.3 is 21.3 Å². The first kappa shape index (κ1) is 19.7. The molecule has 0 saturated heterocycles. The summed E-state index contributed by atoms with van der Waals surface area (Å²) in [6.07, 6.45) is -4.35. The highest BCUT2D eigenvalue weighted by Crippen LogP contribution is 2.30. The largest absolute Gasteiger partial charge is 0.979 e. The predicted molar refractivity (Wildman–Crippen MR) is 86.7 cm³/mol. The monoisotopic (exact) mass is 366 g/mol. The van der Waals surface area contributed by atoms with Gasteiger partial charge in [0.1, 0.15) is 0 Å². The number of halogens is 3. The Bertz CT molecular complexity index is 465. The average Bonchev–Trinajstić information content (AvgIpc) is 2.23. The van der Waals surface area contributed by atoms with Crippen LogP contribution in [0.5, 0.6) is 5.75 Å². The fourth-order valence-corrected chi connectivity index (χ4v) is 7.49. The molecule has 1 aromatic carbocycles. The van der Waals surface area contributed by atoms with Gasteiger partial charge in [-0.05, 0) is 63.5 Å². The second-order valence-corrected chi connectivity index (χ2v) is 18.0. The van der Waals surface area contributed by atoms with Crippen molar-refractivity contribution in [2.75, 3.05) is 0 Å². The molecule has 1 rings (SSSR count). The van der Waals surface area contributed by atoms with Gasteiger partial charge in [0, 0.05) is 0 Å². The molecule has 0 saturated carbocycles. The number of hydrogen-bond acceptors (Lipinski definition) is 3. The Balaban J connectivity index is 2.85. The highest BCUT2D eigenvalue weighted by atomic mass is 28.4. The quantitative estimate of drug-likeness (QED) is 0.679. The molecular formula is C13H22AlF3O3Si2. The maximum Gasteiger partial charge on any atom is 0.979 e. The lowest BCUT2D eigenvalue weighted by atomic mass is 10.2. The third-order valence-electron chi connectivity index (χ3n) is 2.31. The van der Waals surface area contributed by atoms with E-state index in [1.807, 2.05) is 39.3 Å². The van der Waals surface area contributed by atoms with Crippen LogP contribution in [0.4, 0.5) is 13.2 Å². The van der Waals surface area contributed by atoms with Crippen LogP contribution in [0.15, 0.2) is 24.3 Å². The van der Waals surface area contributed by atoms with Crippen molar-refractivity contribution in [1.82, 2.24) is 0 Å². The molecule has 0 unspecified atom stereocenters. The second kappa shape index (κ2) is 7.07. The van der Waals surface area contributed by atoms with Gasteiger partial charge in [0.2, 0.25) is 0 Å². The Morgan fingerprint density at radius 1 is 0.818 bits per heavy atom. The summed E-state index contributed by atoms with van der Waals surface area (Å²) in [6.45, 7) is 12.1. The fraction of sp³-hybridized carbons (Fsp3) is 0.538. The summed E-state index contributed by atoms with van der Waals surface area (Å²) in [4.78, 5) is 0. The molecule has 0 aliphatic rings. The minimum absolute atomic E-state index is 0.348. The van der Waals surface area contributed by atoms with E-state index in [1.54, 1.807) is 0 Å². The van der Waals surface area contributed by atoms with E-state index in [0.29, 0.717) is 5.75 Å². The van der Waals surface area contributed by atoms with Gasteiger partial charge in [0.25, 0.3) is 0 Å². The molecule has 0 aliphatic carbocycles. The zero-order valence-electron chi connectivity index (χ0n) is 13.7. The molecule has 0 radical (unpaired) electrons. The Morgan fingerprint density at radius 2 is 1.23 bits per heavy atom. The minimum Gasteiger partial charge on any atom is -0.600 e. The molecule has 3 nitrogen and oxygen atoms in total. The van der Waals surface area contributed by atoms with Crippen LogP contribution in [-0.4, -0.2) is 31.8 Å². The lowest BCUT2D eigenvalue weighted by molar-refractivity contribution is -0.137. The van der Waals surface area contributed by atoms with E-state index in [9.17, 15) is 13.2 Å². The van der Waals surface area contributed by atoms with Crippen LogP contribution in [-0.2, 0) is 13.1 Å². The van der Waals surface area contributed by atoms with E-state index >= 15 is 0 Å². The highest BCUT2D eigenvalue weighted by molar-refractivity contribution is 6.79. The normalized spacial score (nSPS) is 13.1. The Morgan fingerprint density at radius 3 is 1.55 bits per heavy atom. The molecule has 124 valence electrons. The SMILES string of the molecule is C[Si](C)(C)[O][Al]([O]c1ccc(C(F)(F)F)cc1)[O][Si](C)(C)C. The van der Waals surface area contributed by atoms with Crippen LogP contribution in [0.2, 0.25) is 39.3 Å². The number of rotatable bonds is 6. The third kappa shape index (κ3) is 7.81. The summed E-state index contributed by atoms with van der Waals surface area (Å²) in [5, 5.41) is 0. The fourth-order valence-electron chi connectivity index (χ4n) is 1.48. The van der Waals surface area contributed by atoms with E-state index in [1.165, 1.54) is 12.1 Å². The van der Waals surface area contributed by atoms with Crippen LogP contribution in [0.25, 0.3) is 0 Å². The average molecular weight is 366 g/mol. The van der Waals surface area contributed by atoms with Crippen molar-refractivity contribution in [3.05, 3.63) is 29.8 Å². The molecule has 0 aromatic heterocycles. The zero-order chi connectivity index (χ0) is 17.2. The van der Waals surface area contributed by atoms with E-state index in [2.05, 4.69) is 0 Å². The molecule has 0 amide bonds.